The number of aliphatic carboxylic acids is 1. The number of hydrogen-bond donors (Lipinski definition) is 1. The lowest BCUT2D eigenvalue weighted by atomic mass is 9.89. The first-order chi connectivity index (χ1) is 14.6. The molecule has 8 heteroatoms. The van der Waals surface area contributed by atoms with Crippen LogP contribution in [-0.2, 0) is 29.4 Å². The molecule has 3 aromatic heterocycles. The summed E-state index contributed by atoms with van der Waals surface area (Å²) in [7, 11) is 3.43. The third kappa shape index (κ3) is 3.94. The number of ether oxygens (including phenoxy) is 2. The average Bonchev–Trinajstić information content (AvgIpc) is 3.24. The van der Waals surface area contributed by atoms with E-state index in [4.69, 9.17) is 14.5 Å². The Kier molecular flexibility index (Phi) is 5.55. The van der Waals surface area contributed by atoms with Gasteiger partial charge >= 0.3 is 5.97 Å². The number of carboxylic acid groups (broad SMARTS) is 1. The predicted molar refractivity (Wildman–Crippen MR) is 121 cm³/mol. The number of pyridine rings is 1. The summed E-state index contributed by atoms with van der Waals surface area (Å²) in [5.74, 6) is -0.544. The highest BCUT2D eigenvalue weighted by atomic mass is 32.1. The largest absolute Gasteiger partial charge is 0.480 e. The van der Waals surface area contributed by atoms with Crippen molar-refractivity contribution in [3.8, 4) is 17.1 Å². The van der Waals surface area contributed by atoms with Crippen molar-refractivity contribution in [2.24, 2.45) is 7.05 Å². The minimum Gasteiger partial charge on any atom is -0.480 e. The van der Waals surface area contributed by atoms with Crippen molar-refractivity contribution in [3.63, 3.8) is 0 Å². The Morgan fingerprint density at radius 3 is 2.61 bits per heavy atom. The molecule has 166 valence electrons. The fourth-order valence-electron chi connectivity index (χ4n) is 4.36. The number of carbonyl (C=O) groups is 1. The van der Waals surface area contributed by atoms with Crippen molar-refractivity contribution in [1.82, 2.24) is 14.8 Å². The highest BCUT2D eigenvalue weighted by Gasteiger charge is 2.34. The SMILES string of the molecule is COc1cc(-c2c(C(OC(C)(C)C)C(=O)O)c(C)nc3sc4c(c23)CCCC4)n(C)n1. The Hall–Kier alpha value is -2.45. The van der Waals surface area contributed by atoms with Crippen LogP contribution in [0.2, 0.25) is 0 Å². The van der Waals surface area contributed by atoms with Gasteiger partial charge in [-0.3, -0.25) is 4.68 Å². The highest BCUT2D eigenvalue weighted by Crippen LogP contribution is 2.46. The molecule has 1 aliphatic carbocycles. The number of thiophene rings is 1. The number of carboxylic acids is 1. The smallest absolute Gasteiger partial charge is 0.337 e. The normalized spacial score (nSPS) is 15.2. The highest BCUT2D eigenvalue weighted by molar-refractivity contribution is 7.19. The predicted octanol–water partition coefficient (Wildman–Crippen LogP) is 4.83. The Balaban J connectivity index is 2.10. The quantitative estimate of drug-likeness (QED) is 0.608. The fraction of sp³-hybridized carbons (Fsp3) is 0.522. The van der Waals surface area contributed by atoms with E-state index in [1.807, 2.05) is 40.8 Å². The minimum atomic E-state index is -1.15. The number of methoxy groups -OCH3 is 1. The van der Waals surface area contributed by atoms with Crippen LogP contribution in [-0.4, -0.2) is 38.6 Å². The minimum absolute atomic E-state index is 0.485. The van der Waals surface area contributed by atoms with E-state index in [1.165, 1.54) is 16.9 Å². The summed E-state index contributed by atoms with van der Waals surface area (Å²) in [6.07, 6.45) is 3.16. The van der Waals surface area contributed by atoms with E-state index in [1.54, 1.807) is 23.1 Å². The fourth-order valence-corrected chi connectivity index (χ4v) is 5.68. The van der Waals surface area contributed by atoms with Crippen LogP contribution in [0.1, 0.15) is 61.4 Å². The third-order valence-corrected chi connectivity index (χ3v) is 6.80. The number of nitrogens with zero attached hydrogens (tertiary/aromatic N) is 3. The number of hydrogen-bond acceptors (Lipinski definition) is 6. The summed E-state index contributed by atoms with van der Waals surface area (Å²) in [4.78, 5) is 19.6. The summed E-state index contributed by atoms with van der Waals surface area (Å²) in [6.45, 7) is 7.46. The van der Waals surface area contributed by atoms with E-state index in [9.17, 15) is 9.90 Å². The molecule has 1 N–H and O–H groups in total. The van der Waals surface area contributed by atoms with Crippen molar-refractivity contribution < 1.29 is 19.4 Å². The molecule has 0 amide bonds. The van der Waals surface area contributed by atoms with Gasteiger partial charge < -0.3 is 14.6 Å². The summed E-state index contributed by atoms with van der Waals surface area (Å²) >= 11 is 1.72. The molecular formula is C23H29N3O4S. The first kappa shape index (κ1) is 21.8. The topological polar surface area (TPSA) is 86.5 Å². The van der Waals surface area contributed by atoms with Gasteiger partial charge in [0.15, 0.2) is 6.10 Å². The molecule has 0 aromatic carbocycles. The van der Waals surface area contributed by atoms with Crippen LogP contribution in [0.15, 0.2) is 6.07 Å². The van der Waals surface area contributed by atoms with Gasteiger partial charge in [0.25, 0.3) is 0 Å². The Bertz CT molecular complexity index is 1160. The zero-order valence-corrected chi connectivity index (χ0v) is 19.7. The van der Waals surface area contributed by atoms with Gasteiger partial charge in [0.1, 0.15) is 4.83 Å². The van der Waals surface area contributed by atoms with Crippen molar-refractivity contribution in [2.45, 2.75) is 65.1 Å². The van der Waals surface area contributed by atoms with E-state index >= 15 is 0 Å². The van der Waals surface area contributed by atoms with E-state index in [2.05, 4.69) is 5.10 Å². The molecule has 1 atom stereocenters. The molecule has 4 rings (SSSR count). The lowest BCUT2D eigenvalue weighted by Crippen LogP contribution is -2.28. The summed E-state index contributed by atoms with van der Waals surface area (Å²) < 4.78 is 13.2. The maximum Gasteiger partial charge on any atom is 0.337 e. The van der Waals surface area contributed by atoms with Gasteiger partial charge in [-0.15, -0.1) is 16.4 Å². The number of rotatable bonds is 5. The molecule has 0 saturated heterocycles. The molecule has 0 fully saturated rings. The lowest BCUT2D eigenvalue weighted by Gasteiger charge is -2.28. The zero-order valence-electron chi connectivity index (χ0n) is 18.9. The molecule has 0 aliphatic heterocycles. The van der Waals surface area contributed by atoms with Crippen LogP contribution in [0.25, 0.3) is 21.5 Å². The Morgan fingerprint density at radius 1 is 1.29 bits per heavy atom. The van der Waals surface area contributed by atoms with Gasteiger partial charge in [-0.1, -0.05) is 0 Å². The molecule has 3 aromatic rings. The van der Waals surface area contributed by atoms with Crippen LogP contribution in [0.5, 0.6) is 5.88 Å². The molecule has 1 unspecified atom stereocenters. The number of fused-ring (bicyclic) bond motifs is 3. The summed E-state index contributed by atoms with van der Waals surface area (Å²) in [5, 5.41) is 15.7. The first-order valence-electron chi connectivity index (χ1n) is 10.5. The van der Waals surface area contributed by atoms with Crippen LogP contribution in [0.3, 0.4) is 0 Å². The molecule has 31 heavy (non-hydrogen) atoms. The van der Waals surface area contributed by atoms with Gasteiger partial charge in [-0.2, -0.15) is 0 Å². The summed E-state index contributed by atoms with van der Waals surface area (Å²) in [5.41, 5.74) is 3.55. The third-order valence-electron chi connectivity index (χ3n) is 5.61. The maximum atomic E-state index is 12.4. The number of aryl methyl sites for hydroxylation is 4. The second-order valence-electron chi connectivity index (χ2n) is 9.02. The second kappa shape index (κ2) is 7.91. The maximum absolute atomic E-state index is 12.4. The Labute approximate surface area is 186 Å². The van der Waals surface area contributed by atoms with Crippen molar-refractivity contribution >= 4 is 27.5 Å². The van der Waals surface area contributed by atoms with Crippen molar-refractivity contribution in [3.05, 3.63) is 27.8 Å². The lowest BCUT2D eigenvalue weighted by molar-refractivity contribution is -0.160. The van der Waals surface area contributed by atoms with Crippen molar-refractivity contribution in [2.75, 3.05) is 7.11 Å². The summed E-state index contributed by atoms with van der Waals surface area (Å²) in [6, 6.07) is 1.86. The second-order valence-corrected chi connectivity index (χ2v) is 10.1. The van der Waals surface area contributed by atoms with Gasteiger partial charge in [0.05, 0.1) is 18.4 Å². The van der Waals surface area contributed by atoms with Crippen LogP contribution < -0.4 is 4.74 Å². The molecule has 0 spiro atoms. The zero-order chi connectivity index (χ0) is 22.5. The van der Waals surface area contributed by atoms with E-state index in [-0.39, 0.29) is 0 Å². The number of aromatic nitrogens is 3. The van der Waals surface area contributed by atoms with Gasteiger partial charge in [0, 0.05) is 40.2 Å². The van der Waals surface area contributed by atoms with Crippen molar-refractivity contribution in [1.29, 1.82) is 0 Å². The van der Waals surface area contributed by atoms with Gasteiger partial charge in [-0.05, 0) is 58.9 Å². The molecule has 3 heterocycles. The average molecular weight is 444 g/mol. The van der Waals surface area contributed by atoms with E-state index in [0.29, 0.717) is 17.1 Å². The van der Waals surface area contributed by atoms with Crippen LogP contribution in [0, 0.1) is 6.92 Å². The van der Waals surface area contributed by atoms with E-state index < -0.39 is 17.7 Å². The molecule has 0 radical (unpaired) electrons. The van der Waals surface area contributed by atoms with Crippen LogP contribution >= 0.6 is 11.3 Å². The van der Waals surface area contributed by atoms with E-state index in [0.717, 1.165) is 40.7 Å². The van der Waals surface area contributed by atoms with Crippen LogP contribution in [0.4, 0.5) is 0 Å². The monoisotopic (exact) mass is 443 g/mol. The molecule has 0 bridgehead atoms. The Morgan fingerprint density at radius 2 is 2.00 bits per heavy atom. The van der Waals surface area contributed by atoms with Gasteiger partial charge in [-0.25, -0.2) is 9.78 Å². The molecular weight excluding hydrogens is 414 g/mol. The molecule has 1 aliphatic rings. The first-order valence-corrected chi connectivity index (χ1v) is 11.4. The molecule has 7 nitrogen and oxygen atoms in total. The van der Waals surface area contributed by atoms with Gasteiger partial charge in [0.2, 0.25) is 5.88 Å². The standard InChI is InChI=1S/C23H29N3O4S/c1-12-17(20(22(27)28)30-23(2,3)4)19(14-11-16(29-6)25-26(14)5)18-13-9-7-8-10-15(13)31-21(18)24-12/h11,20H,7-10H2,1-6H3,(H,27,28). The molecule has 0 saturated carbocycles.